The Morgan fingerprint density at radius 3 is 2.40 bits per heavy atom. The summed E-state index contributed by atoms with van der Waals surface area (Å²) in [7, 11) is 0. The molecule has 0 saturated carbocycles. The Morgan fingerprint density at radius 1 is 1.25 bits per heavy atom. The first-order valence-electron chi connectivity index (χ1n) is 7.09. The number of nitrogen functional groups attached to an aromatic ring is 1. The summed E-state index contributed by atoms with van der Waals surface area (Å²) < 4.78 is 5.44. The zero-order chi connectivity index (χ0) is 14.9. The third-order valence-electron chi connectivity index (χ3n) is 3.63. The van der Waals surface area contributed by atoms with Crippen LogP contribution in [-0.4, -0.2) is 29.7 Å². The molecule has 2 unspecified atom stereocenters. The fourth-order valence-electron chi connectivity index (χ4n) is 2.62. The quantitative estimate of drug-likeness (QED) is 0.801. The molecule has 4 nitrogen and oxygen atoms in total. The fourth-order valence-corrected chi connectivity index (χ4v) is 2.62. The summed E-state index contributed by atoms with van der Waals surface area (Å²) in [4.78, 5) is 13.9. The number of amides is 1. The van der Waals surface area contributed by atoms with Gasteiger partial charge in [-0.15, -0.1) is 0 Å². The van der Waals surface area contributed by atoms with E-state index in [0.717, 1.165) is 12.2 Å². The summed E-state index contributed by atoms with van der Waals surface area (Å²) in [6.45, 7) is 9.29. The van der Waals surface area contributed by atoms with Crippen molar-refractivity contribution in [2.24, 2.45) is 5.92 Å². The molecular weight excluding hydrogens is 252 g/mol. The average Bonchev–Trinajstić information content (AvgIpc) is 2.70. The Kier molecular flexibility index (Phi) is 3.93. The molecule has 1 fully saturated rings. The lowest BCUT2D eigenvalue weighted by molar-refractivity contribution is 0.0287. The van der Waals surface area contributed by atoms with Gasteiger partial charge in [0.1, 0.15) is 5.60 Å². The fraction of sp³-hybridized carbons (Fsp3) is 0.562. The number of nitrogens with two attached hydrogens (primary N) is 1. The molecule has 1 amide bonds. The van der Waals surface area contributed by atoms with Crippen molar-refractivity contribution in [1.29, 1.82) is 0 Å². The average molecular weight is 276 g/mol. The van der Waals surface area contributed by atoms with Gasteiger partial charge in [-0.1, -0.05) is 19.1 Å². The van der Waals surface area contributed by atoms with Gasteiger partial charge >= 0.3 is 6.09 Å². The van der Waals surface area contributed by atoms with Crippen LogP contribution < -0.4 is 5.73 Å². The van der Waals surface area contributed by atoms with Crippen molar-refractivity contribution in [3.63, 3.8) is 0 Å². The van der Waals surface area contributed by atoms with Gasteiger partial charge < -0.3 is 15.4 Å². The second-order valence-electron chi connectivity index (χ2n) is 6.64. The van der Waals surface area contributed by atoms with E-state index in [1.54, 1.807) is 4.90 Å². The van der Waals surface area contributed by atoms with E-state index in [4.69, 9.17) is 10.5 Å². The summed E-state index contributed by atoms with van der Waals surface area (Å²) in [5.41, 5.74) is 7.28. The molecule has 0 aliphatic carbocycles. The van der Waals surface area contributed by atoms with E-state index >= 15 is 0 Å². The number of likely N-dealkylation sites (tertiary alicyclic amines) is 1. The highest BCUT2D eigenvalue weighted by molar-refractivity contribution is 5.68. The number of hydrogen-bond donors (Lipinski definition) is 1. The number of carbonyl (C=O) groups is 1. The molecule has 1 heterocycles. The molecule has 2 N–H and O–H groups in total. The number of nitrogens with zero attached hydrogens (tertiary/aromatic N) is 1. The summed E-state index contributed by atoms with van der Waals surface area (Å²) in [6, 6.07) is 7.93. The highest BCUT2D eigenvalue weighted by Crippen LogP contribution is 2.33. The van der Waals surface area contributed by atoms with E-state index in [2.05, 4.69) is 19.1 Å². The third kappa shape index (κ3) is 3.44. The molecule has 1 aliphatic rings. The maximum absolute atomic E-state index is 12.1. The SMILES string of the molecule is CC1CN(C(=O)OC(C)(C)C)CC1c1ccc(N)cc1. The molecule has 2 rings (SSSR count). The van der Waals surface area contributed by atoms with Gasteiger partial charge in [-0.05, 0) is 44.4 Å². The van der Waals surface area contributed by atoms with Crippen molar-refractivity contribution in [2.75, 3.05) is 18.8 Å². The van der Waals surface area contributed by atoms with Crippen LogP contribution in [0.3, 0.4) is 0 Å². The van der Waals surface area contributed by atoms with Gasteiger partial charge in [0.2, 0.25) is 0 Å². The van der Waals surface area contributed by atoms with Gasteiger partial charge in [-0.3, -0.25) is 0 Å². The predicted octanol–water partition coefficient (Wildman–Crippen LogP) is 3.24. The largest absolute Gasteiger partial charge is 0.444 e. The number of ether oxygens (including phenoxy) is 1. The number of benzene rings is 1. The number of rotatable bonds is 1. The lowest BCUT2D eigenvalue weighted by Gasteiger charge is -2.24. The van der Waals surface area contributed by atoms with Crippen LogP contribution >= 0.6 is 0 Å². The van der Waals surface area contributed by atoms with Crippen LogP contribution in [0.5, 0.6) is 0 Å². The summed E-state index contributed by atoms with van der Waals surface area (Å²) in [6.07, 6.45) is -0.220. The van der Waals surface area contributed by atoms with E-state index in [-0.39, 0.29) is 6.09 Å². The molecule has 1 saturated heterocycles. The highest BCUT2D eigenvalue weighted by Gasteiger charge is 2.35. The molecule has 1 aliphatic heterocycles. The van der Waals surface area contributed by atoms with Crippen LogP contribution in [0.4, 0.5) is 10.5 Å². The molecule has 0 spiro atoms. The molecule has 2 atom stereocenters. The van der Waals surface area contributed by atoms with E-state index < -0.39 is 5.60 Å². The smallest absolute Gasteiger partial charge is 0.410 e. The van der Waals surface area contributed by atoms with Crippen molar-refractivity contribution < 1.29 is 9.53 Å². The number of carbonyl (C=O) groups excluding carboxylic acids is 1. The zero-order valence-corrected chi connectivity index (χ0v) is 12.7. The number of anilines is 1. The highest BCUT2D eigenvalue weighted by atomic mass is 16.6. The van der Waals surface area contributed by atoms with Crippen LogP contribution in [0.1, 0.15) is 39.2 Å². The molecule has 0 aromatic heterocycles. The molecule has 110 valence electrons. The van der Waals surface area contributed by atoms with E-state index in [1.807, 2.05) is 32.9 Å². The lowest BCUT2D eigenvalue weighted by Crippen LogP contribution is -2.35. The minimum absolute atomic E-state index is 0.220. The third-order valence-corrected chi connectivity index (χ3v) is 3.63. The summed E-state index contributed by atoms with van der Waals surface area (Å²) >= 11 is 0. The van der Waals surface area contributed by atoms with Crippen LogP contribution in [0, 0.1) is 5.92 Å². The van der Waals surface area contributed by atoms with Crippen molar-refractivity contribution in [1.82, 2.24) is 4.90 Å². The second-order valence-corrected chi connectivity index (χ2v) is 6.64. The molecule has 20 heavy (non-hydrogen) atoms. The number of hydrogen-bond acceptors (Lipinski definition) is 3. The topological polar surface area (TPSA) is 55.6 Å². The molecule has 0 bridgehead atoms. The normalized spacial score (nSPS) is 22.9. The van der Waals surface area contributed by atoms with Gasteiger partial charge in [0.15, 0.2) is 0 Å². The standard InChI is InChI=1S/C16H24N2O2/c1-11-9-18(15(19)20-16(2,3)4)10-14(11)12-5-7-13(17)8-6-12/h5-8,11,14H,9-10,17H2,1-4H3. The first kappa shape index (κ1) is 14.7. The first-order valence-corrected chi connectivity index (χ1v) is 7.09. The van der Waals surface area contributed by atoms with Gasteiger partial charge in [0, 0.05) is 24.7 Å². The molecule has 1 aromatic rings. The molecule has 4 heteroatoms. The lowest BCUT2D eigenvalue weighted by atomic mass is 9.90. The van der Waals surface area contributed by atoms with Crippen LogP contribution in [0.2, 0.25) is 0 Å². The minimum atomic E-state index is -0.445. The van der Waals surface area contributed by atoms with Crippen LogP contribution in [-0.2, 0) is 4.74 Å². The second kappa shape index (κ2) is 5.35. The maximum atomic E-state index is 12.1. The molecule has 0 radical (unpaired) electrons. The van der Waals surface area contributed by atoms with Gasteiger partial charge in [0.05, 0.1) is 0 Å². The molecular formula is C16H24N2O2. The monoisotopic (exact) mass is 276 g/mol. The van der Waals surface area contributed by atoms with E-state index in [0.29, 0.717) is 18.4 Å². The van der Waals surface area contributed by atoms with Crippen LogP contribution in [0.25, 0.3) is 0 Å². The summed E-state index contributed by atoms with van der Waals surface area (Å²) in [5, 5.41) is 0. The van der Waals surface area contributed by atoms with Crippen molar-refractivity contribution in [3.05, 3.63) is 29.8 Å². The first-order chi connectivity index (χ1) is 9.26. The Labute approximate surface area is 120 Å². The Morgan fingerprint density at radius 2 is 1.85 bits per heavy atom. The Balaban J connectivity index is 2.05. The van der Waals surface area contributed by atoms with Gasteiger partial charge in [-0.2, -0.15) is 0 Å². The predicted molar refractivity (Wildman–Crippen MR) is 80.6 cm³/mol. The van der Waals surface area contributed by atoms with E-state index in [9.17, 15) is 4.79 Å². The Bertz CT molecular complexity index is 476. The summed E-state index contributed by atoms with van der Waals surface area (Å²) in [5.74, 6) is 0.772. The van der Waals surface area contributed by atoms with Gasteiger partial charge in [0.25, 0.3) is 0 Å². The zero-order valence-electron chi connectivity index (χ0n) is 12.7. The van der Waals surface area contributed by atoms with Gasteiger partial charge in [-0.25, -0.2) is 4.79 Å². The Hall–Kier alpha value is -1.71. The minimum Gasteiger partial charge on any atom is -0.444 e. The van der Waals surface area contributed by atoms with Crippen molar-refractivity contribution in [3.8, 4) is 0 Å². The van der Waals surface area contributed by atoms with Crippen molar-refractivity contribution >= 4 is 11.8 Å². The van der Waals surface area contributed by atoms with Crippen molar-refractivity contribution in [2.45, 2.75) is 39.2 Å². The molecule has 1 aromatic carbocycles. The van der Waals surface area contributed by atoms with Crippen LogP contribution in [0.15, 0.2) is 24.3 Å². The maximum Gasteiger partial charge on any atom is 0.410 e. The van der Waals surface area contributed by atoms with E-state index in [1.165, 1.54) is 5.56 Å².